The molecular formula is C8H14N2O3S. The quantitative estimate of drug-likeness (QED) is 0.658. The van der Waals surface area contributed by atoms with Gasteiger partial charge in [-0.05, 0) is 6.42 Å². The van der Waals surface area contributed by atoms with Gasteiger partial charge in [-0.3, -0.25) is 14.3 Å². The van der Waals surface area contributed by atoms with Crippen LogP contribution in [0.4, 0.5) is 4.79 Å². The second-order valence-electron chi connectivity index (χ2n) is 3.37. The van der Waals surface area contributed by atoms with Crippen LogP contribution in [-0.4, -0.2) is 45.6 Å². The van der Waals surface area contributed by atoms with Gasteiger partial charge in [0.2, 0.25) is 5.91 Å². The Hall–Kier alpha value is -0.910. The van der Waals surface area contributed by atoms with Gasteiger partial charge in [-0.2, -0.15) is 0 Å². The lowest BCUT2D eigenvalue weighted by Crippen LogP contribution is -2.31. The third-order valence-corrected chi connectivity index (χ3v) is 3.61. The van der Waals surface area contributed by atoms with Gasteiger partial charge in [0.15, 0.2) is 0 Å². The minimum atomic E-state index is -0.874. The van der Waals surface area contributed by atoms with Gasteiger partial charge in [0, 0.05) is 28.9 Å². The Morgan fingerprint density at radius 3 is 2.64 bits per heavy atom. The Bertz CT molecular complexity index is 280. The molecule has 1 heterocycles. The highest BCUT2D eigenvalue weighted by molar-refractivity contribution is 7.84. The fourth-order valence-electron chi connectivity index (χ4n) is 1.17. The molecule has 2 unspecified atom stereocenters. The molecule has 1 aliphatic rings. The summed E-state index contributed by atoms with van der Waals surface area (Å²) in [7, 11) is -0.874. The number of imide groups is 1. The summed E-state index contributed by atoms with van der Waals surface area (Å²) in [5, 5.41) is 2.25. The van der Waals surface area contributed by atoms with Crippen molar-refractivity contribution in [1.29, 1.82) is 0 Å². The van der Waals surface area contributed by atoms with Crippen LogP contribution >= 0.6 is 0 Å². The van der Waals surface area contributed by atoms with E-state index in [1.807, 2.05) is 6.92 Å². The van der Waals surface area contributed by atoms with Crippen LogP contribution in [0, 0.1) is 0 Å². The van der Waals surface area contributed by atoms with Crippen LogP contribution in [0.1, 0.15) is 13.3 Å². The first-order chi connectivity index (χ1) is 6.50. The fourth-order valence-corrected chi connectivity index (χ4v) is 1.60. The Labute approximate surface area is 85.3 Å². The van der Waals surface area contributed by atoms with Gasteiger partial charge < -0.3 is 4.90 Å². The number of hydrogen-bond donors (Lipinski definition) is 1. The molecule has 1 fully saturated rings. The lowest BCUT2D eigenvalue weighted by atomic mass is 10.3. The first-order valence-corrected chi connectivity index (χ1v) is 6.04. The lowest BCUT2D eigenvalue weighted by Gasteiger charge is -2.15. The number of urea groups is 1. The summed E-state index contributed by atoms with van der Waals surface area (Å²) in [5.41, 5.74) is 0. The second-order valence-corrected chi connectivity index (χ2v) is 5.17. The second kappa shape index (κ2) is 4.54. The maximum atomic E-state index is 11.1. The highest BCUT2D eigenvalue weighted by Gasteiger charge is 2.26. The van der Waals surface area contributed by atoms with E-state index in [2.05, 4.69) is 5.32 Å². The Morgan fingerprint density at radius 2 is 2.21 bits per heavy atom. The lowest BCUT2D eigenvalue weighted by molar-refractivity contribution is -0.118. The first kappa shape index (κ1) is 11.2. The van der Waals surface area contributed by atoms with Crippen molar-refractivity contribution < 1.29 is 13.8 Å². The van der Waals surface area contributed by atoms with Crippen LogP contribution in [0.2, 0.25) is 0 Å². The average molecular weight is 218 g/mol. The van der Waals surface area contributed by atoms with E-state index in [0.717, 1.165) is 0 Å². The zero-order valence-corrected chi connectivity index (χ0v) is 9.10. The number of rotatable bonds is 4. The van der Waals surface area contributed by atoms with E-state index in [-0.39, 0.29) is 23.7 Å². The summed E-state index contributed by atoms with van der Waals surface area (Å²) < 4.78 is 11.0. The molecule has 1 aliphatic heterocycles. The van der Waals surface area contributed by atoms with E-state index in [0.29, 0.717) is 13.0 Å². The monoisotopic (exact) mass is 218 g/mol. The average Bonchev–Trinajstić information content (AvgIpc) is 2.40. The van der Waals surface area contributed by atoms with Gasteiger partial charge in [-0.25, -0.2) is 4.79 Å². The summed E-state index contributed by atoms with van der Waals surface area (Å²) in [4.78, 5) is 23.3. The largest absolute Gasteiger partial charge is 0.324 e. The molecule has 0 aliphatic carbocycles. The zero-order chi connectivity index (χ0) is 10.7. The van der Waals surface area contributed by atoms with E-state index in [1.54, 1.807) is 6.26 Å². The normalized spacial score (nSPS) is 20.9. The smallest absolute Gasteiger partial charge is 0.315 e. The molecule has 14 heavy (non-hydrogen) atoms. The molecule has 0 aromatic rings. The Morgan fingerprint density at radius 1 is 1.57 bits per heavy atom. The maximum absolute atomic E-state index is 11.1. The zero-order valence-electron chi connectivity index (χ0n) is 8.28. The summed E-state index contributed by atoms with van der Waals surface area (Å²) >= 11 is 0. The van der Waals surface area contributed by atoms with Gasteiger partial charge in [0.1, 0.15) is 6.54 Å². The number of carbonyl (C=O) groups excluding carboxylic acids is 2. The number of nitrogens with zero attached hydrogens (tertiary/aromatic N) is 1. The number of amides is 3. The van der Waals surface area contributed by atoms with Crippen molar-refractivity contribution in [3.05, 3.63) is 0 Å². The molecule has 2 atom stereocenters. The highest BCUT2D eigenvalue weighted by Crippen LogP contribution is 2.04. The van der Waals surface area contributed by atoms with Crippen molar-refractivity contribution in [3.8, 4) is 0 Å². The summed E-state index contributed by atoms with van der Waals surface area (Å²) in [6.45, 7) is 2.48. The van der Waals surface area contributed by atoms with Crippen molar-refractivity contribution in [2.45, 2.75) is 18.6 Å². The third-order valence-electron chi connectivity index (χ3n) is 2.24. The van der Waals surface area contributed by atoms with Crippen molar-refractivity contribution >= 4 is 22.7 Å². The van der Waals surface area contributed by atoms with Crippen molar-refractivity contribution in [3.63, 3.8) is 0 Å². The Balaban J connectivity index is 2.35. The van der Waals surface area contributed by atoms with Crippen LogP contribution in [0.5, 0.6) is 0 Å². The van der Waals surface area contributed by atoms with E-state index in [4.69, 9.17) is 0 Å². The number of carbonyl (C=O) groups is 2. The molecule has 6 heteroatoms. The molecule has 1 saturated heterocycles. The SMILES string of the molecule is CC(CCN1CC(=O)NC1=O)S(C)=O. The minimum absolute atomic E-state index is 0.0542. The van der Waals surface area contributed by atoms with E-state index in [9.17, 15) is 13.8 Å². The number of hydrogen-bond acceptors (Lipinski definition) is 3. The molecule has 5 nitrogen and oxygen atoms in total. The third kappa shape index (κ3) is 2.80. The van der Waals surface area contributed by atoms with Crippen molar-refractivity contribution in [2.75, 3.05) is 19.3 Å². The minimum Gasteiger partial charge on any atom is -0.315 e. The molecule has 0 radical (unpaired) electrons. The molecule has 0 spiro atoms. The molecule has 0 bridgehead atoms. The Kier molecular flexibility index (Phi) is 3.62. The predicted octanol–water partition coefficient (Wildman–Crippen LogP) is -0.305. The fraction of sp³-hybridized carbons (Fsp3) is 0.750. The first-order valence-electron chi connectivity index (χ1n) is 4.41. The van der Waals surface area contributed by atoms with Gasteiger partial charge in [0.05, 0.1) is 0 Å². The summed E-state index contributed by atoms with van der Waals surface area (Å²) in [6.07, 6.45) is 2.30. The molecule has 80 valence electrons. The van der Waals surface area contributed by atoms with Gasteiger partial charge in [-0.1, -0.05) is 6.92 Å². The van der Waals surface area contributed by atoms with E-state index < -0.39 is 10.8 Å². The van der Waals surface area contributed by atoms with Crippen molar-refractivity contribution in [1.82, 2.24) is 10.2 Å². The molecule has 0 aromatic heterocycles. The summed E-state index contributed by atoms with van der Waals surface area (Å²) in [6, 6.07) is -0.343. The highest BCUT2D eigenvalue weighted by atomic mass is 32.2. The molecule has 1 rings (SSSR count). The molecule has 3 amide bonds. The van der Waals surface area contributed by atoms with E-state index in [1.165, 1.54) is 4.90 Å². The van der Waals surface area contributed by atoms with Crippen LogP contribution < -0.4 is 5.32 Å². The topological polar surface area (TPSA) is 66.5 Å². The maximum Gasteiger partial charge on any atom is 0.324 e. The standard InChI is InChI=1S/C8H14N2O3S/c1-6(14(2)13)3-4-10-5-7(11)9-8(10)12/h6H,3-5H2,1-2H3,(H,9,11,12). The number of nitrogens with one attached hydrogen (secondary N) is 1. The van der Waals surface area contributed by atoms with Gasteiger partial charge in [-0.15, -0.1) is 0 Å². The van der Waals surface area contributed by atoms with E-state index >= 15 is 0 Å². The van der Waals surface area contributed by atoms with Crippen LogP contribution in [0.15, 0.2) is 0 Å². The molecule has 0 saturated carbocycles. The summed E-state index contributed by atoms with van der Waals surface area (Å²) in [5.74, 6) is -0.264. The van der Waals surface area contributed by atoms with Gasteiger partial charge in [0.25, 0.3) is 0 Å². The molecule has 0 aromatic carbocycles. The van der Waals surface area contributed by atoms with Gasteiger partial charge >= 0.3 is 6.03 Å². The van der Waals surface area contributed by atoms with Crippen LogP contribution in [-0.2, 0) is 15.6 Å². The van der Waals surface area contributed by atoms with Crippen LogP contribution in [0.25, 0.3) is 0 Å². The van der Waals surface area contributed by atoms with Crippen LogP contribution in [0.3, 0.4) is 0 Å². The molecular weight excluding hydrogens is 204 g/mol. The molecule has 1 N–H and O–H groups in total. The van der Waals surface area contributed by atoms with Crippen molar-refractivity contribution in [2.24, 2.45) is 0 Å². The predicted molar refractivity (Wildman–Crippen MR) is 53.3 cm³/mol.